The Morgan fingerprint density at radius 2 is 1.00 bits per heavy atom. The van der Waals surface area contributed by atoms with Crippen LogP contribution < -0.4 is 0 Å². The zero-order valence-corrected chi connectivity index (χ0v) is 17.5. The normalized spacial score (nSPS) is 35.2. The summed E-state index contributed by atoms with van der Waals surface area (Å²) < 4.78 is 0. The van der Waals surface area contributed by atoms with Gasteiger partial charge in [-0.25, -0.2) is 0 Å². The summed E-state index contributed by atoms with van der Waals surface area (Å²) in [5, 5.41) is 0. The minimum Gasteiger partial charge on any atom is -0.298 e. The SMILES string of the molecule is CC(C)N1C[C@H](CC[C@H]2CN(C(C)C)C[C@@H](C)N2C)N(C)[C@H](C)C1. The summed E-state index contributed by atoms with van der Waals surface area (Å²) in [6, 6.07) is 4.07. The molecule has 4 heteroatoms. The van der Waals surface area contributed by atoms with E-state index in [-0.39, 0.29) is 0 Å². The summed E-state index contributed by atoms with van der Waals surface area (Å²) >= 11 is 0. The molecule has 0 unspecified atom stereocenters. The second-order valence-electron chi connectivity index (χ2n) is 9.01. The lowest BCUT2D eigenvalue weighted by Gasteiger charge is -2.48. The Bertz CT molecular complexity index is 348. The first-order chi connectivity index (χ1) is 11.2. The predicted molar refractivity (Wildman–Crippen MR) is 105 cm³/mol. The molecular formula is C20H42N4. The van der Waals surface area contributed by atoms with Gasteiger partial charge in [0.2, 0.25) is 0 Å². The van der Waals surface area contributed by atoms with E-state index in [0.29, 0.717) is 36.3 Å². The number of hydrogen-bond donors (Lipinski definition) is 0. The summed E-state index contributed by atoms with van der Waals surface area (Å²) in [4.78, 5) is 10.6. The van der Waals surface area contributed by atoms with Crippen molar-refractivity contribution in [3.8, 4) is 0 Å². The third-order valence-electron chi connectivity index (χ3n) is 6.72. The van der Waals surface area contributed by atoms with Crippen molar-refractivity contribution in [1.82, 2.24) is 19.6 Å². The van der Waals surface area contributed by atoms with Gasteiger partial charge in [0.1, 0.15) is 0 Å². The minimum absolute atomic E-state index is 0.664. The Balaban J connectivity index is 1.94. The van der Waals surface area contributed by atoms with Gasteiger partial charge in [-0.1, -0.05) is 0 Å². The predicted octanol–water partition coefficient (Wildman–Crippen LogP) is 2.59. The highest BCUT2D eigenvalue weighted by Crippen LogP contribution is 2.24. The molecule has 2 heterocycles. The molecule has 0 aromatic carbocycles. The van der Waals surface area contributed by atoms with Crippen LogP contribution in [0, 0.1) is 0 Å². The smallest absolute Gasteiger partial charge is 0.0224 e. The molecule has 0 aromatic rings. The average Bonchev–Trinajstić information content (AvgIpc) is 2.51. The van der Waals surface area contributed by atoms with Crippen LogP contribution in [0.1, 0.15) is 54.4 Å². The van der Waals surface area contributed by atoms with Crippen molar-refractivity contribution in [3.05, 3.63) is 0 Å². The van der Waals surface area contributed by atoms with Crippen LogP contribution in [0.2, 0.25) is 0 Å². The van der Waals surface area contributed by atoms with Crippen LogP contribution in [0.25, 0.3) is 0 Å². The number of hydrogen-bond acceptors (Lipinski definition) is 4. The van der Waals surface area contributed by atoms with Gasteiger partial charge in [-0.15, -0.1) is 0 Å². The topological polar surface area (TPSA) is 13.0 Å². The molecule has 0 amide bonds. The molecule has 4 nitrogen and oxygen atoms in total. The fourth-order valence-corrected chi connectivity index (χ4v) is 4.42. The van der Waals surface area contributed by atoms with Gasteiger partial charge >= 0.3 is 0 Å². The van der Waals surface area contributed by atoms with E-state index in [1.807, 2.05) is 0 Å². The fraction of sp³-hybridized carbons (Fsp3) is 1.00. The van der Waals surface area contributed by atoms with Gasteiger partial charge in [0, 0.05) is 62.4 Å². The van der Waals surface area contributed by atoms with Crippen molar-refractivity contribution < 1.29 is 0 Å². The van der Waals surface area contributed by atoms with Crippen molar-refractivity contribution in [1.29, 1.82) is 0 Å². The number of likely N-dealkylation sites (N-methyl/N-ethyl adjacent to an activating group) is 2. The van der Waals surface area contributed by atoms with E-state index in [0.717, 1.165) is 0 Å². The summed E-state index contributed by atoms with van der Waals surface area (Å²) in [6.07, 6.45) is 2.63. The van der Waals surface area contributed by atoms with Crippen LogP contribution in [0.3, 0.4) is 0 Å². The first-order valence-electron chi connectivity index (χ1n) is 10.1. The first-order valence-corrected chi connectivity index (χ1v) is 10.1. The standard InChI is InChI=1S/C20H42N4/c1-15(2)23-11-17(5)21(7)19(13-23)9-10-20-14-24(16(3)4)12-18(6)22(20)8/h15-20H,9-14H2,1-8H3/t17-,18-,19+,20+/m1/s1. The van der Waals surface area contributed by atoms with Crippen LogP contribution in [-0.4, -0.2) is 96.1 Å². The average molecular weight is 339 g/mol. The highest BCUT2D eigenvalue weighted by molar-refractivity contribution is 4.91. The summed E-state index contributed by atoms with van der Waals surface area (Å²) in [5.74, 6) is 0. The molecule has 2 saturated heterocycles. The Hall–Kier alpha value is -0.160. The number of nitrogens with zero attached hydrogens (tertiary/aromatic N) is 4. The molecule has 0 N–H and O–H groups in total. The maximum atomic E-state index is 2.67. The van der Waals surface area contributed by atoms with E-state index in [1.54, 1.807) is 0 Å². The van der Waals surface area contributed by atoms with E-state index in [9.17, 15) is 0 Å². The Labute approximate surface area is 151 Å². The molecular weight excluding hydrogens is 296 g/mol. The number of piperazine rings is 2. The molecule has 2 aliphatic heterocycles. The molecule has 24 heavy (non-hydrogen) atoms. The van der Waals surface area contributed by atoms with Gasteiger partial charge < -0.3 is 0 Å². The molecule has 142 valence electrons. The van der Waals surface area contributed by atoms with Gasteiger partial charge in [-0.05, 0) is 68.5 Å². The molecule has 2 fully saturated rings. The molecule has 4 atom stereocenters. The van der Waals surface area contributed by atoms with Gasteiger partial charge in [-0.2, -0.15) is 0 Å². The summed E-state index contributed by atoms with van der Waals surface area (Å²) in [5.41, 5.74) is 0. The van der Waals surface area contributed by atoms with Gasteiger partial charge in [0.05, 0.1) is 0 Å². The second kappa shape index (κ2) is 8.48. The largest absolute Gasteiger partial charge is 0.298 e. The van der Waals surface area contributed by atoms with E-state index in [1.165, 1.54) is 39.0 Å². The lowest BCUT2D eigenvalue weighted by atomic mass is 9.96. The van der Waals surface area contributed by atoms with Crippen LogP contribution in [0.15, 0.2) is 0 Å². The van der Waals surface area contributed by atoms with E-state index >= 15 is 0 Å². The highest BCUT2D eigenvalue weighted by Gasteiger charge is 2.34. The third kappa shape index (κ3) is 4.72. The molecule has 0 radical (unpaired) electrons. The Kier molecular flexibility index (Phi) is 7.12. The van der Waals surface area contributed by atoms with Gasteiger partial charge in [0.25, 0.3) is 0 Å². The molecule has 0 bridgehead atoms. The Morgan fingerprint density at radius 3 is 1.29 bits per heavy atom. The summed E-state index contributed by atoms with van der Waals surface area (Å²) in [7, 11) is 4.67. The van der Waals surface area contributed by atoms with Crippen molar-refractivity contribution in [2.45, 2.75) is 90.6 Å². The summed E-state index contributed by atoms with van der Waals surface area (Å²) in [6.45, 7) is 19.0. The van der Waals surface area contributed by atoms with Crippen molar-refractivity contribution in [2.75, 3.05) is 40.3 Å². The van der Waals surface area contributed by atoms with Gasteiger partial charge in [-0.3, -0.25) is 19.6 Å². The fourth-order valence-electron chi connectivity index (χ4n) is 4.42. The van der Waals surface area contributed by atoms with Crippen molar-refractivity contribution in [2.24, 2.45) is 0 Å². The second-order valence-corrected chi connectivity index (χ2v) is 9.01. The first kappa shape index (κ1) is 20.2. The Morgan fingerprint density at radius 1 is 0.667 bits per heavy atom. The molecule has 0 aliphatic carbocycles. The zero-order valence-electron chi connectivity index (χ0n) is 17.5. The van der Waals surface area contributed by atoms with Crippen LogP contribution in [0.5, 0.6) is 0 Å². The lowest BCUT2D eigenvalue weighted by Crippen LogP contribution is -2.59. The molecule has 0 spiro atoms. The maximum Gasteiger partial charge on any atom is 0.0224 e. The zero-order chi connectivity index (χ0) is 18.0. The quantitative estimate of drug-likeness (QED) is 0.764. The van der Waals surface area contributed by atoms with Crippen LogP contribution in [-0.2, 0) is 0 Å². The van der Waals surface area contributed by atoms with Crippen LogP contribution in [0.4, 0.5) is 0 Å². The molecule has 0 aromatic heterocycles. The minimum atomic E-state index is 0.664. The number of rotatable bonds is 5. The van der Waals surface area contributed by atoms with E-state index in [2.05, 4.69) is 75.2 Å². The van der Waals surface area contributed by atoms with E-state index < -0.39 is 0 Å². The maximum absolute atomic E-state index is 2.67. The van der Waals surface area contributed by atoms with Crippen LogP contribution >= 0.6 is 0 Å². The molecule has 2 aliphatic rings. The molecule has 0 saturated carbocycles. The molecule has 2 rings (SSSR count). The van der Waals surface area contributed by atoms with Crippen molar-refractivity contribution in [3.63, 3.8) is 0 Å². The lowest BCUT2D eigenvalue weighted by molar-refractivity contribution is 0.00795. The van der Waals surface area contributed by atoms with Crippen molar-refractivity contribution >= 4 is 0 Å². The highest BCUT2D eigenvalue weighted by atomic mass is 15.3. The van der Waals surface area contributed by atoms with E-state index in [4.69, 9.17) is 0 Å². The third-order valence-corrected chi connectivity index (χ3v) is 6.72. The van der Waals surface area contributed by atoms with Gasteiger partial charge in [0.15, 0.2) is 0 Å². The monoisotopic (exact) mass is 338 g/mol.